The van der Waals surface area contributed by atoms with Gasteiger partial charge in [0.1, 0.15) is 5.15 Å². The molecule has 1 aromatic carbocycles. The smallest absolute Gasteiger partial charge is 0.129 e. The molecule has 1 heterocycles. The summed E-state index contributed by atoms with van der Waals surface area (Å²) in [6.07, 6.45) is 1.76. The topological polar surface area (TPSA) is 12.9 Å². The average Bonchev–Trinajstić information content (AvgIpc) is 2.04. The second-order valence-electron chi connectivity index (χ2n) is 2.28. The summed E-state index contributed by atoms with van der Waals surface area (Å²) in [6, 6.07) is 10.5. The summed E-state index contributed by atoms with van der Waals surface area (Å²) in [5.74, 6) is 0. The van der Waals surface area contributed by atoms with Crippen LogP contribution in [0.2, 0.25) is 5.15 Å². The van der Waals surface area contributed by atoms with Gasteiger partial charge >= 0.3 is 0 Å². The van der Waals surface area contributed by atoms with E-state index in [1.165, 1.54) is 0 Å². The molecule has 0 atom stereocenters. The molecule has 0 unspecified atom stereocenters. The van der Waals surface area contributed by atoms with Crippen LogP contribution in [0.3, 0.4) is 0 Å². The van der Waals surface area contributed by atoms with Crippen molar-refractivity contribution in [1.82, 2.24) is 4.98 Å². The number of fused-ring (bicyclic) bond motifs is 1. The highest BCUT2D eigenvalue weighted by atomic mass is 35.5. The lowest BCUT2D eigenvalue weighted by atomic mass is 10.2. The van der Waals surface area contributed by atoms with Crippen LogP contribution in [-0.2, 0) is 0 Å². The minimum atomic E-state index is 0.525. The Labute approximate surface area is 69.6 Å². The first-order chi connectivity index (χ1) is 5.36. The van der Waals surface area contributed by atoms with Crippen LogP contribution in [0, 0.1) is 6.07 Å². The van der Waals surface area contributed by atoms with E-state index in [0.717, 1.165) is 10.8 Å². The van der Waals surface area contributed by atoms with Gasteiger partial charge in [-0.05, 0) is 23.6 Å². The van der Waals surface area contributed by atoms with Gasteiger partial charge < -0.3 is 0 Å². The van der Waals surface area contributed by atoms with Gasteiger partial charge in [-0.3, -0.25) is 0 Å². The molecule has 0 saturated carbocycles. The van der Waals surface area contributed by atoms with Crippen LogP contribution in [0.4, 0.5) is 0 Å². The fraction of sp³-hybridized carbons (Fsp3) is 0. The number of benzene rings is 1. The van der Waals surface area contributed by atoms with Crippen molar-refractivity contribution in [2.24, 2.45) is 0 Å². The van der Waals surface area contributed by atoms with Crippen LogP contribution in [0.1, 0.15) is 0 Å². The molecule has 1 nitrogen and oxygen atoms in total. The number of pyridine rings is 1. The summed E-state index contributed by atoms with van der Waals surface area (Å²) in [5, 5.41) is 2.69. The average molecular weight is 163 g/mol. The van der Waals surface area contributed by atoms with Crippen molar-refractivity contribution < 1.29 is 0 Å². The second kappa shape index (κ2) is 2.51. The number of hydrogen-bond donors (Lipinski definition) is 0. The van der Waals surface area contributed by atoms with Crippen molar-refractivity contribution in [3.8, 4) is 0 Å². The number of hydrogen-bond acceptors (Lipinski definition) is 1. The van der Waals surface area contributed by atoms with E-state index in [1.54, 1.807) is 6.20 Å². The molecule has 53 valence electrons. The summed E-state index contributed by atoms with van der Waals surface area (Å²) in [7, 11) is 0. The maximum absolute atomic E-state index is 5.69. The van der Waals surface area contributed by atoms with Gasteiger partial charge in [-0.2, -0.15) is 0 Å². The first-order valence-electron chi connectivity index (χ1n) is 3.27. The predicted molar refractivity (Wildman–Crippen MR) is 45.6 cm³/mol. The molecule has 2 heteroatoms. The zero-order valence-corrected chi connectivity index (χ0v) is 6.47. The predicted octanol–water partition coefficient (Wildman–Crippen LogP) is 2.69. The van der Waals surface area contributed by atoms with Crippen LogP contribution < -0.4 is 0 Å². The Bertz CT molecular complexity index is 384. The lowest BCUT2D eigenvalue weighted by Crippen LogP contribution is -1.75. The molecule has 0 aliphatic carbocycles. The van der Waals surface area contributed by atoms with Gasteiger partial charge in [0.15, 0.2) is 0 Å². The van der Waals surface area contributed by atoms with E-state index in [4.69, 9.17) is 11.6 Å². The van der Waals surface area contributed by atoms with Crippen molar-refractivity contribution in [2.75, 3.05) is 0 Å². The third-order valence-corrected chi connectivity index (χ3v) is 1.74. The second-order valence-corrected chi connectivity index (χ2v) is 2.67. The number of halogens is 1. The molecule has 0 saturated heterocycles. The third-order valence-electron chi connectivity index (χ3n) is 1.53. The molecule has 0 fully saturated rings. The monoisotopic (exact) mass is 162 g/mol. The van der Waals surface area contributed by atoms with Gasteiger partial charge in [0.25, 0.3) is 0 Å². The van der Waals surface area contributed by atoms with E-state index < -0.39 is 0 Å². The molecule has 0 aliphatic heterocycles. The lowest BCUT2D eigenvalue weighted by molar-refractivity contribution is 1.36. The molecule has 0 spiro atoms. The Morgan fingerprint density at radius 3 is 3.18 bits per heavy atom. The Morgan fingerprint density at radius 1 is 1.36 bits per heavy atom. The molecule has 0 bridgehead atoms. The van der Waals surface area contributed by atoms with Crippen molar-refractivity contribution in [1.29, 1.82) is 0 Å². The van der Waals surface area contributed by atoms with Crippen LogP contribution in [0.25, 0.3) is 10.8 Å². The third kappa shape index (κ3) is 1.19. The molecule has 1 aromatic heterocycles. The highest BCUT2D eigenvalue weighted by Gasteiger charge is 1.92. The first kappa shape index (κ1) is 6.62. The fourth-order valence-electron chi connectivity index (χ4n) is 0.995. The minimum Gasteiger partial charge on any atom is -0.244 e. The SMILES string of the molecule is Clc1cc2c[c]ccc2cn1. The summed E-state index contributed by atoms with van der Waals surface area (Å²) in [6.45, 7) is 0. The normalized spacial score (nSPS) is 10.3. The minimum absolute atomic E-state index is 0.525. The highest BCUT2D eigenvalue weighted by Crippen LogP contribution is 2.15. The molecule has 0 aliphatic rings. The van der Waals surface area contributed by atoms with Crippen LogP contribution >= 0.6 is 11.6 Å². The molecule has 2 aromatic rings. The van der Waals surface area contributed by atoms with Crippen molar-refractivity contribution in [2.45, 2.75) is 0 Å². The van der Waals surface area contributed by atoms with Crippen molar-refractivity contribution in [3.63, 3.8) is 0 Å². The molecule has 0 N–H and O–H groups in total. The maximum atomic E-state index is 5.69. The molecule has 2 rings (SSSR count). The Hall–Kier alpha value is -1.08. The van der Waals surface area contributed by atoms with E-state index in [0.29, 0.717) is 5.15 Å². The molecule has 0 amide bonds. The molecular formula is C9H5ClN. The number of nitrogens with zero attached hydrogens (tertiary/aromatic N) is 1. The zero-order valence-electron chi connectivity index (χ0n) is 5.71. The molecule has 11 heavy (non-hydrogen) atoms. The Kier molecular flexibility index (Phi) is 1.51. The summed E-state index contributed by atoms with van der Waals surface area (Å²) < 4.78 is 0. The zero-order chi connectivity index (χ0) is 7.68. The lowest BCUT2D eigenvalue weighted by Gasteiger charge is -1.94. The van der Waals surface area contributed by atoms with Crippen LogP contribution in [0.5, 0.6) is 0 Å². The molecule has 1 radical (unpaired) electrons. The van der Waals surface area contributed by atoms with E-state index in [-0.39, 0.29) is 0 Å². The van der Waals surface area contributed by atoms with E-state index >= 15 is 0 Å². The van der Waals surface area contributed by atoms with Gasteiger partial charge in [0.05, 0.1) is 0 Å². The van der Waals surface area contributed by atoms with Gasteiger partial charge in [-0.1, -0.05) is 23.7 Å². The van der Waals surface area contributed by atoms with E-state index in [2.05, 4.69) is 11.1 Å². The van der Waals surface area contributed by atoms with Crippen molar-refractivity contribution >= 4 is 22.4 Å². The maximum Gasteiger partial charge on any atom is 0.129 e. The Morgan fingerprint density at radius 2 is 2.27 bits per heavy atom. The highest BCUT2D eigenvalue weighted by molar-refractivity contribution is 6.30. The number of rotatable bonds is 0. The first-order valence-corrected chi connectivity index (χ1v) is 3.65. The van der Waals surface area contributed by atoms with Gasteiger partial charge in [0, 0.05) is 11.6 Å². The summed E-state index contributed by atoms with van der Waals surface area (Å²) >= 11 is 5.69. The largest absolute Gasteiger partial charge is 0.244 e. The van der Waals surface area contributed by atoms with Crippen LogP contribution in [-0.4, -0.2) is 4.98 Å². The fourth-order valence-corrected chi connectivity index (χ4v) is 1.16. The summed E-state index contributed by atoms with van der Waals surface area (Å²) in [4.78, 5) is 3.96. The number of aromatic nitrogens is 1. The van der Waals surface area contributed by atoms with Crippen molar-refractivity contribution in [3.05, 3.63) is 41.7 Å². The molecular weight excluding hydrogens is 158 g/mol. The van der Waals surface area contributed by atoms with E-state index in [9.17, 15) is 0 Å². The van der Waals surface area contributed by atoms with Gasteiger partial charge in [-0.15, -0.1) is 0 Å². The van der Waals surface area contributed by atoms with Gasteiger partial charge in [-0.25, -0.2) is 4.98 Å². The Balaban J connectivity index is 2.83. The summed E-state index contributed by atoms with van der Waals surface area (Å²) in [5.41, 5.74) is 0. The standard InChI is InChI=1S/C9H5ClN/c10-9-5-7-3-1-2-4-8(7)6-11-9/h2-6H. The van der Waals surface area contributed by atoms with E-state index in [1.807, 2.05) is 24.3 Å². The van der Waals surface area contributed by atoms with Crippen LogP contribution in [0.15, 0.2) is 30.5 Å². The quantitative estimate of drug-likeness (QED) is 0.543. The van der Waals surface area contributed by atoms with Gasteiger partial charge in [0.2, 0.25) is 0 Å².